The van der Waals surface area contributed by atoms with Crippen molar-refractivity contribution in [2.75, 3.05) is 11.9 Å². The number of H-pyrrole nitrogens is 1. The molecular weight excluding hydrogens is 350 g/mol. The van der Waals surface area contributed by atoms with E-state index in [-0.39, 0.29) is 0 Å². The van der Waals surface area contributed by atoms with Crippen molar-refractivity contribution >= 4 is 44.7 Å². The van der Waals surface area contributed by atoms with Crippen molar-refractivity contribution < 1.29 is 0 Å². The topological polar surface area (TPSA) is 66.5 Å². The zero-order chi connectivity index (χ0) is 14.7. The summed E-state index contributed by atoms with van der Waals surface area (Å²) in [5, 5.41) is 12.0. The molecule has 0 saturated carbocycles. The van der Waals surface area contributed by atoms with Gasteiger partial charge in [0.1, 0.15) is 5.03 Å². The summed E-state index contributed by atoms with van der Waals surface area (Å²) < 4.78 is 1.05. The molecular formula is C14H14BrN5S. The highest BCUT2D eigenvalue weighted by molar-refractivity contribution is 9.10. The van der Waals surface area contributed by atoms with E-state index in [0.717, 1.165) is 38.4 Å². The summed E-state index contributed by atoms with van der Waals surface area (Å²) in [5.41, 5.74) is 0.751. The number of nitrogens with zero attached hydrogens (tertiary/aromatic N) is 3. The maximum Gasteiger partial charge on any atom is 0.225 e. The van der Waals surface area contributed by atoms with Crippen LogP contribution in [0.15, 0.2) is 44.9 Å². The van der Waals surface area contributed by atoms with Crippen molar-refractivity contribution in [1.82, 2.24) is 20.2 Å². The Morgan fingerprint density at radius 2 is 2.24 bits per heavy atom. The quantitative estimate of drug-likeness (QED) is 0.668. The fraction of sp³-hybridized carbons (Fsp3) is 0.214. The van der Waals surface area contributed by atoms with Crippen LogP contribution in [0.4, 0.5) is 5.95 Å². The van der Waals surface area contributed by atoms with E-state index >= 15 is 0 Å². The van der Waals surface area contributed by atoms with Gasteiger partial charge in [-0.3, -0.25) is 5.10 Å². The molecule has 0 aliphatic rings. The third kappa shape index (κ3) is 3.36. The Kier molecular flexibility index (Phi) is 4.40. The lowest BCUT2D eigenvalue weighted by Crippen LogP contribution is -2.05. The van der Waals surface area contributed by atoms with Crippen molar-refractivity contribution in [2.45, 2.75) is 23.3 Å². The number of fused-ring (bicyclic) bond motifs is 1. The zero-order valence-corrected chi connectivity index (χ0v) is 13.8. The fourth-order valence-electron chi connectivity index (χ4n) is 1.84. The zero-order valence-electron chi connectivity index (χ0n) is 11.4. The molecule has 2 aromatic heterocycles. The van der Waals surface area contributed by atoms with Gasteiger partial charge in [0.05, 0.1) is 11.6 Å². The molecule has 0 aliphatic heterocycles. The first-order valence-electron chi connectivity index (χ1n) is 6.64. The predicted molar refractivity (Wildman–Crippen MR) is 88.7 cm³/mol. The van der Waals surface area contributed by atoms with Gasteiger partial charge in [-0.1, -0.05) is 40.7 Å². The first-order chi connectivity index (χ1) is 10.3. The second-order valence-electron chi connectivity index (χ2n) is 4.47. The third-order valence-corrected chi connectivity index (χ3v) is 4.31. The molecule has 0 amide bonds. The van der Waals surface area contributed by atoms with Crippen LogP contribution in [0.25, 0.3) is 11.0 Å². The minimum Gasteiger partial charge on any atom is -0.354 e. The number of anilines is 1. The SMILES string of the molecule is CCCNc1nc(Sc2cccc(Br)c2)c2cn[nH]c2n1. The fourth-order valence-corrected chi connectivity index (χ4v) is 3.34. The van der Waals surface area contributed by atoms with Crippen molar-refractivity contribution in [3.05, 3.63) is 34.9 Å². The Balaban J connectivity index is 1.97. The van der Waals surface area contributed by atoms with Crippen LogP contribution in [-0.2, 0) is 0 Å². The highest BCUT2D eigenvalue weighted by Crippen LogP contribution is 2.32. The molecule has 5 nitrogen and oxygen atoms in total. The Labute approximate surface area is 135 Å². The standard InChI is InChI=1S/C14H14BrN5S/c1-2-6-16-14-18-12-11(8-17-20-12)13(19-14)21-10-5-3-4-9(15)7-10/h3-5,7-8H,2,6H2,1H3,(H2,16,17,18,19,20). The van der Waals surface area contributed by atoms with E-state index in [0.29, 0.717) is 5.95 Å². The van der Waals surface area contributed by atoms with E-state index < -0.39 is 0 Å². The lowest BCUT2D eigenvalue weighted by atomic mass is 10.4. The van der Waals surface area contributed by atoms with E-state index in [1.54, 1.807) is 18.0 Å². The maximum absolute atomic E-state index is 4.60. The molecule has 0 spiro atoms. The summed E-state index contributed by atoms with van der Waals surface area (Å²) in [6.45, 7) is 2.96. The van der Waals surface area contributed by atoms with Crippen LogP contribution in [-0.4, -0.2) is 26.7 Å². The molecule has 0 saturated heterocycles. The summed E-state index contributed by atoms with van der Waals surface area (Å²) in [4.78, 5) is 10.1. The first-order valence-corrected chi connectivity index (χ1v) is 8.25. The number of rotatable bonds is 5. The summed E-state index contributed by atoms with van der Waals surface area (Å²) in [7, 11) is 0. The Morgan fingerprint density at radius 3 is 3.05 bits per heavy atom. The highest BCUT2D eigenvalue weighted by atomic mass is 79.9. The van der Waals surface area contributed by atoms with Crippen LogP contribution in [0.1, 0.15) is 13.3 Å². The van der Waals surface area contributed by atoms with E-state index in [4.69, 9.17) is 0 Å². The molecule has 3 rings (SSSR count). The van der Waals surface area contributed by atoms with Crippen LogP contribution in [0.3, 0.4) is 0 Å². The molecule has 7 heteroatoms. The lowest BCUT2D eigenvalue weighted by molar-refractivity contribution is 0.943. The largest absolute Gasteiger partial charge is 0.354 e. The minimum absolute atomic E-state index is 0.631. The second kappa shape index (κ2) is 6.44. The van der Waals surface area contributed by atoms with Gasteiger partial charge in [-0.15, -0.1) is 0 Å². The molecule has 0 aliphatic carbocycles. The molecule has 0 fully saturated rings. The predicted octanol–water partition coefficient (Wildman–Crippen LogP) is 4.09. The molecule has 3 aromatic rings. The molecule has 2 N–H and O–H groups in total. The molecule has 1 aromatic carbocycles. The van der Waals surface area contributed by atoms with Gasteiger partial charge in [-0.05, 0) is 24.6 Å². The van der Waals surface area contributed by atoms with Crippen LogP contribution >= 0.6 is 27.7 Å². The third-order valence-electron chi connectivity index (χ3n) is 2.82. The molecule has 0 radical (unpaired) electrons. The summed E-state index contributed by atoms with van der Waals surface area (Å²) >= 11 is 5.09. The number of aromatic nitrogens is 4. The van der Waals surface area contributed by atoms with Gasteiger partial charge in [-0.25, -0.2) is 4.98 Å². The van der Waals surface area contributed by atoms with Crippen molar-refractivity contribution in [2.24, 2.45) is 0 Å². The highest BCUT2D eigenvalue weighted by Gasteiger charge is 2.11. The van der Waals surface area contributed by atoms with Gasteiger partial charge in [0.25, 0.3) is 0 Å². The number of hydrogen-bond acceptors (Lipinski definition) is 5. The lowest BCUT2D eigenvalue weighted by Gasteiger charge is -2.07. The van der Waals surface area contributed by atoms with Gasteiger partial charge in [0.15, 0.2) is 5.65 Å². The average molecular weight is 364 g/mol. The molecule has 0 atom stereocenters. The van der Waals surface area contributed by atoms with E-state index in [9.17, 15) is 0 Å². The van der Waals surface area contributed by atoms with E-state index in [1.165, 1.54) is 0 Å². The van der Waals surface area contributed by atoms with Crippen LogP contribution in [0.5, 0.6) is 0 Å². The molecule has 2 heterocycles. The van der Waals surface area contributed by atoms with E-state index in [2.05, 4.69) is 60.5 Å². The van der Waals surface area contributed by atoms with Crippen LogP contribution in [0.2, 0.25) is 0 Å². The van der Waals surface area contributed by atoms with Gasteiger partial charge < -0.3 is 5.32 Å². The average Bonchev–Trinajstić information content (AvgIpc) is 2.94. The maximum atomic E-state index is 4.60. The Hall–Kier alpha value is -1.60. The van der Waals surface area contributed by atoms with Crippen LogP contribution in [0, 0.1) is 0 Å². The number of aromatic amines is 1. The minimum atomic E-state index is 0.631. The van der Waals surface area contributed by atoms with Gasteiger partial charge >= 0.3 is 0 Å². The number of halogens is 1. The number of hydrogen-bond donors (Lipinski definition) is 2. The molecule has 0 bridgehead atoms. The normalized spacial score (nSPS) is 11.0. The summed E-state index contributed by atoms with van der Waals surface area (Å²) in [6.07, 6.45) is 2.79. The van der Waals surface area contributed by atoms with Gasteiger partial charge in [0, 0.05) is 15.9 Å². The molecule has 21 heavy (non-hydrogen) atoms. The van der Waals surface area contributed by atoms with Gasteiger partial charge in [0.2, 0.25) is 5.95 Å². The smallest absolute Gasteiger partial charge is 0.225 e. The summed E-state index contributed by atoms with van der Waals surface area (Å²) in [5.74, 6) is 0.631. The van der Waals surface area contributed by atoms with Crippen molar-refractivity contribution in [1.29, 1.82) is 0 Å². The second-order valence-corrected chi connectivity index (χ2v) is 6.45. The Morgan fingerprint density at radius 1 is 1.33 bits per heavy atom. The van der Waals surface area contributed by atoms with Crippen LogP contribution < -0.4 is 5.32 Å². The van der Waals surface area contributed by atoms with Gasteiger partial charge in [-0.2, -0.15) is 10.1 Å². The monoisotopic (exact) mass is 363 g/mol. The summed E-state index contributed by atoms with van der Waals surface area (Å²) in [6, 6.07) is 8.14. The van der Waals surface area contributed by atoms with Crippen molar-refractivity contribution in [3.8, 4) is 0 Å². The first kappa shape index (κ1) is 14.3. The van der Waals surface area contributed by atoms with Crippen molar-refractivity contribution in [3.63, 3.8) is 0 Å². The number of benzene rings is 1. The molecule has 108 valence electrons. The Bertz CT molecular complexity index is 758. The van der Waals surface area contributed by atoms with E-state index in [1.807, 2.05) is 12.1 Å². The molecule has 0 unspecified atom stereocenters. The number of nitrogens with one attached hydrogen (secondary N) is 2.